The molecule has 2 aromatic rings. The number of hydrogen-bond donors (Lipinski definition) is 1. The molecule has 1 aliphatic heterocycles. The van der Waals surface area contributed by atoms with Crippen LogP contribution in [0.4, 0.5) is 0 Å². The largest absolute Gasteiger partial charge is 0.330 e. The number of carbonyl (C=O) groups is 1. The van der Waals surface area contributed by atoms with Crippen LogP contribution in [0.2, 0.25) is 0 Å². The number of likely N-dealkylation sites (tertiary alicyclic amines) is 1. The van der Waals surface area contributed by atoms with E-state index in [1.54, 1.807) is 6.20 Å². The molecule has 22 heavy (non-hydrogen) atoms. The first-order valence-electron chi connectivity index (χ1n) is 8.04. The number of rotatable bonds is 4. The van der Waals surface area contributed by atoms with Crippen LogP contribution in [0.3, 0.4) is 0 Å². The maximum Gasteiger partial charge on any atom is 0.274 e. The van der Waals surface area contributed by atoms with Crippen molar-refractivity contribution >= 4 is 5.91 Å². The van der Waals surface area contributed by atoms with Crippen molar-refractivity contribution in [3.63, 3.8) is 0 Å². The maximum atomic E-state index is 12.8. The monoisotopic (exact) mass is 298 g/mol. The number of H-pyrrole nitrogens is 1. The summed E-state index contributed by atoms with van der Waals surface area (Å²) in [5, 5.41) is 7.18. The molecule has 5 nitrogen and oxygen atoms in total. The van der Waals surface area contributed by atoms with Gasteiger partial charge in [-0.2, -0.15) is 5.10 Å². The number of carbonyl (C=O) groups excluding carboxylic acids is 1. The predicted molar refractivity (Wildman–Crippen MR) is 84.4 cm³/mol. The Morgan fingerprint density at radius 2 is 2.36 bits per heavy atom. The van der Waals surface area contributed by atoms with Gasteiger partial charge in [0.05, 0.1) is 6.04 Å². The molecule has 0 aromatic carbocycles. The van der Waals surface area contributed by atoms with E-state index >= 15 is 0 Å². The van der Waals surface area contributed by atoms with Crippen molar-refractivity contribution in [2.24, 2.45) is 0 Å². The SMILES string of the molecule is CCCc1cc(C(=O)N2CCCCC2c2cccnc2)n[nH]1. The summed E-state index contributed by atoms with van der Waals surface area (Å²) in [5.74, 6) is 0.0205. The van der Waals surface area contributed by atoms with Crippen molar-refractivity contribution < 1.29 is 4.79 Å². The van der Waals surface area contributed by atoms with E-state index in [9.17, 15) is 4.79 Å². The average Bonchev–Trinajstić information content (AvgIpc) is 3.04. The normalized spacial score (nSPS) is 18.4. The third kappa shape index (κ3) is 3.03. The van der Waals surface area contributed by atoms with E-state index in [1.165, 1.54) is 0 Å². The molecule has 1 atom stereocenters. The van der Waals surface area contributed by atoms with Gasteiger partial charge in [0, 0.05) is 24.6 Å². The zero-order valence-corrected chi connectivity index (χ0v) is 13.0. The molecule has 1 N–H and O–H groups in total. The number of amides is 1. The van der Waals surface area contributed by atoms with E-state index in [2.05, 4.69) is 28.2 Å². The lowest BCUT2D eigenvalue weighted by Gasteiger charge is -2.35. The summed E-state index contributed by atoms with van der Waals surface area (Å²) < 4.78 is 0. The van der Waals surface area contributed by atoms with E-state index in [0.717, 1.165) is 49.9 Å². The predicted octanol–water partition coefficient (Wildman–Crippen LogP) is 3.12. The van der Waals surface area contributed by atoms with Crippen LogP contribution >= 0.6 is 0 Å². The third-order valence-corrected chi connectivity index (χ3v) is 4.20. The summed E-state index contributed by atoms with van der Waals surface area (Å²) in [4.78, 5) is 19.0. The zero-order valence-electron chi connectivity index (χ0n) is 13.0. The molecule has 0 saturated carbocycles. The van der Waals surface area contributed by atoms with E-state index in [4.69, 9.17) is 0 Å². The Hall–Kier alpha value is -2.17. The second-order valence-corrected chi connectivity index (χ2v) is 5.82. The van der Waals surface area contributed by atoms with Crippen LogP contribution in [0.15, 0.2) is 30.6 Å². The molecule has 3 heterocycles. The van der Waals surface area contributed by atoms with Gasteiger partial charge in [-0.05, 0) is 43.4 Å². The van der Waals surface area contributed by atoms with Gasteiger partial charge in [-0.1, -0.05) is 19.4 Å². The van der Waals surface area contributed by atoms with Gasteiger partial charge in [0.1, 0.15) is 5.69 Å². The van der Waals surface area contributed by atoms with Crippen molar-refractivity contribution in [1.29, 1.82) is 0 Å². The fraction of sp³-hybridized carbons (Fsp3) is 0.471. The Balaban J connectivity index is 1.82. The Morgan fingerprint density at radius 1 is 1.45 bits per heavy atom. The summed E-state index contributed by atoms with van der Waals surface area (Å²) in [6, 6.07) is 5.98. The van der Waals surface area contributed by atoms with Crippen molar-refractivity contribution in [2.75, 3.05) is 6.54 Å². The molecule has 0 aliphatic carbocycles. The van der Waals surface area contributed by atoms with E-state index in [-0.39, 0.29) is 11.9 Å². The molecular formula is C17H22N4O. The van der Waals surface area contributed by atoms with Crippen molar-refractivity contribution in [3.8, 4) is 0 Å². The first-order chi connectivity index (χ1) is 10.8. The summed E-state index contributed by atoms with van der Waals surface area (Å²) in [6.45, 7) is 2.90. The molecule has 1 amide bonds. The highest BCUT2D eigenvalue weighted by Crippen LogP contribution is 2.31. The molecule has 1 fully saturated rings. The van der Waals surface area contributed by atoms with Gasteiger partial charge in [-0.15, -0.1) is 0 Å². The molecule has 116 valence electrons. The lowest BCUT2D eigenvalue weighted by molar-refractivity contribution is 0.0605. The third-order valence-electron chi connectivity index (χ3n) is 4.20. The van der Waals surface area contributed by atoms with Gasteiger partial charge >= 0.3 is 0 Å². The number of nitrogens with zero attached hydrogens (tertiary/aromatic N) is 3. The van der Waals surface area contributed by atoms with E-state index in [1.807, 2.05) is 23.2 Å². The number of aryl methyl sites for hydroxylation is 1. The Labute approximate surface area is 130 Å². The summed E-state index contributed by atoms with van der Waals surface area (Å²) in [5.41, 5.74) is 2.67. The van der Waals surface area contributed by atoms with Gasteiger partial charge in [-0.25, -0.2) is 0 Å². The maximum absolute atomic E-state index is 12.8. The minimum atomic E-state index is 0.0205. The Bertz CT molecular complexity index is 623. The summed E-state index contributed by atoms with van der Waals surface area (Å²) in [6.07, 6.45) is 8.78. The van der Waals surface area contributed by atoms with Crippen LogP contribution in [0.5, 0.6) is 0 Å². The van der Waals surface area contributed by atoms with Gasteiger partial charge in [0.15, 0.2) is 0 Å². The van der Waals surface area contributed by atoms with Gasteiger partial charge in [0.25, 0.3) is 5.91 Å². The van der Waals surface area contributed by atoms with Crippen molar-refractivity contribution in [1.82, 2.24) is 20.1 Å². The van der Waals surface area contributed by atoms with Crippen LogP contribution in [-0.2, 0) is 6.42 Å². The van der Waals surface area contributed by atoms with Gasteiger partial charge in [0.2, 0.25) is 0 Å². The fourth-order valence-corrected chi connectivity index (χ4v) is 3.11. The Kier molecular flexibility index (Phi) is 4.51. The standard InChI is InChI=1S/C17H22N4O/c1-2-6-14-11-15(20-19-14)17(22)21-10-4-3-8-16(21)13-7-5-9-18-12-13/h5,7,9,11-12,16H,2-4,6,8,10H2,1H3,(H,19,20). The molecule has 1 saturated heterocycles. The summed E-state index contributed by atoms with van der Waals surface area (Å²) in [7, 11) is 0. The van der Waals surface area contributed by atoms with Crippen LogP contribution in [0, 0.1) is 0 Å². The van der Waals surface area contributed by atoms with Crippen molar-refractivity contribution in [3.05, 3.63) is 47.5 Å². The lowest BCUT2D eigenvalue weighted by atomic mass is 9.96. The second-order valence-electron chi connectivity index (χ2n) is 5.82. The number of nitrogens with one attached hydrogen (secondary N) is 1. The highest BCUT2D eigenvalue weighted by Gasteiger charge is 2.29. The topological polar surface area (TPSA) is 61.9 Å². The molecule has 2 aromatic heterocycles. The Morgan fingerprint density at radius 3 is 3.14 bits per heavy atom. The number of aromatic amines is 1. The van der Waals surface area contributed by atoms with Crippen LogP contribution < -0.4 is 0 Å². The smallest absolute Gasteiger partial charge is 0.274 e. The number of hydrogen-bond acceptors (Lipinski definition) is 3. The molecule has 1 aliphatic rings. The summed E-state index contributed by atoms with van der Waals surface area (Å²) >= 11 is 0. The zero-order chi connectivity index (χ0) is 15.4. The minimum Gasteiger partial charge on any atom is -0.330 e. The molecule has 0 spiro atoms. The molecule has 5 heteroatoms. The van der Waals surface area contributed by atoms with Crippen LogP contribution in [0.25, 0.3) is 0 Å². The molecule has 1 unspecified atom stereocenters. The first-order valence-corrected chi connectivity index (χ1v) is 8.04. The number of pyridine rings is 1. The fourth-order valence-electron chi connectivity index (χ4n) is 3.11. The molecule has 0 bridgehead atoms. The number of aromatic nitrogens is 3. The average molecular weight is 298 g/mol. The quantitative estimate of drug-likeness (QED) is 0.943. The first kappa shape index (κ1) is 14.8. The van der Waals surface area contributed by atoms with E-state index in [0.29, 0.717) is 5.69 Å². The number of piperidine rings is 1. The lowest BCUT2D eigenvalue weighted by Crippen LogP contribution is -2.38. The molecular weight excluding hydrogens is 276 g/mol. The highest BCUT2D eigenvalue weighted by molar-refractivity contribution is 5.92. The van der Waals surface area contributed by atoms with Gasteiger partial charge < -0.3 is 4.90 Å². The minimum absolute atomic E-state index is 0.0205. The second kappa shape index (κ2) is 6.73. The van der Waals surface area contributed by atoms with Gasteiger partial charge in [-0.3, -0.25) is 14.9 Å². The van der Waals surface area contributed by atoms with Crippen LogP contribution in [-0.4, -0.2) is 32.5 Å². The molecule has 3 rings (SSSR count). The highest BCUT2D eigenvalue weighted by atomic mass is 16.2. The van der Waals surface area contributed by atoms with Crippen LogP contribution in [0.1, 0.15) is 60.4 Å². The molecule has 0 radical (unpaired) electrons. The van der Waals surface area contributed by atoms with E-state index < -0.39 is 0 Å². The van der Waals surface area contributed by atoms with Crippen molar-refractivity contribution in [2.45, 2.75) is 45.1 Å².